The highest BCUT2D eigenvalue weighted by molar-refractivity contribution is 7.20. The number of thiophene rings is 1. The van der Waals surface area contributed by atoms with Gasteiger partial charge in [-0.1, -0.05) is 42.5 Å². The van der Waals surface area contributed by atoms with E-state index in [1.165, 1.54) is 28.2 Å². The van der Waals surface area contributed by atoms with Gasteiger partial charge in [0.05, 0.1) is 15.8 Å². The summed E-state index contributed by atoms with van der Waals surface area (Å²) < 4.78 is 0.977. The van der Waals surface area contributed by atoms with Crippen LogP contribution in [-0.2, 0) is 19.5 Å². The number of thiazole rings is 1. The third-order valence-electron chi connectivity index (χ3n) is 5.21. The van der Waals surface area contributed by atoms with Crippen molar-refractivity contribution in [1.29, 1.82) is 5.26 Å². The molecule has 0 unspecified atom stereocenters. The second-order valence-corrected chi connectivity index (χ2v) is 9.34. The largest absolute Gasteiger partial charge is 0.310 e. The SMILES string of the molecule is N#Cc1c(NC(=O)c2nc3ccccc3s2)sc2c1CCN(Cc1ccccc1)C2. The number of benzene rings is 2. The van der Waals surface area contributed by atoms with E-state index in [0.29, 0.717) is 15.6 Å². The summed E-state index contributed by atoms with van der Waals surface area (Å²) in [5, 5.41) is 13.7. The molecule has 0 radical (unpaired) electrons. The van der Waals surface area contributed by atoms with Crippen molar-refractivity contribution in [3.8, 4) is 6.07 Å². The second-order valence-electron chi connectivity index (χ2n) is 7.21. The lowest BCUT2D eigenvalue weighted by Crippen LogP contribution is -2.29. The molecule has 0 atom stereocenters. The lowest BCUT2D eigenvalue weighted by molar-refractivity contribution is 0.102. The lowest BCUT2D eigenvalue weighted by Gasteiger charge is -2.26. The number of para-hydroxylation sites is 1. The van der Waals surface area contributed by atoms with Crippen molar-refractivity contribution in [1.82, 2.24) is 9.88 Å². The summed E-state index contributed by atoms with van der Waals surface area (Å²) in [7, 11) is 0. The third-order valence-corrected chi connectivity index (χ3v) is 7.38. The zero-order chi connectivity index (χ0) is 20.5. The van der Waals surface area contributed by atoms with E-state index in [1.54, 1.807) is 0 Å². The van der Waals surface area contributed by atoms with Gasteiger partial charge in [-0.15, -0.1) is 22.7 Å². The van der Waals surface area contributed by atoms with Gasteiger partial charge in [0.1, 0.15) is 11.1 Å². The fourth-order valence-electron chi connectivity index (χ4n) is 3.77. The maximum absolute atomic E-state index is 12.8. The molecule has 1 aliphatic rings. The molecule has 2 aromatic carbocycles. The molecule has 4 aromatic rings. The van der Waals surface area contributed by atoms with Gasteiger partial charge < -0.3 is 5.32 Å². The molecule has 0 fully saturated rings. The monoisotopic (exact) mass is 430 g/mol. The van der Waals surface area contributed by atoms with Gasteiger partial charge >= 0.3 is 0 Å². The van der Waals surface area contributed by atoms with Gasteiger partial charge in [-0.2, -0.15) is 5.26 Å². The Morgan fingerprint density at radius 3 is 2.73 bits per heavy atom. The Balaban J connectivity index is 1.36. The number of anilines is 1. The molecule has 3 heterocycles. The maximum Gasteiger partial charge on any atom is 0.285 e. The van der Waals surface area contributed by atoms with Gasteiger partial charge in [0.25, 0.3) is 5.91 Å². The molecule has 7 heteroatoms. The van der Waals surface area contributed by atoms with Crippen molar-refractivity contribution in [3.05, 3.63) is 81.2 Å². The van der Waals surface area contributed by atoms with Crippen molar-refractivity contribution >= 4 is 43.8 Å². The van der Waals surface area contributed by atoms with E-state index in [1.807, 2.05) is 30.3 Å². The van der Waals surface area contributed by atoms with Gasteiger partial charge in [-0.05, 0) is 29.7 Å². The van der Waals surface area contributed by atoms with Crippen molar-refractivity contribution < 1.29 is 4.79 Å². The first-order valence-electron chi connectivity index (χ1n) is 9.69. The summed E-state index contributed by atoms with van der Waals surface area (Å²) >= 11 is 2.88. The molecule has 2 aromatic heterocycles. The normalized spacial score (nSPS) is 13.7. The van der Waals surface area contributed by atoms with Crippen LogP contribution in [-0.4, -0.2) is 22.3 Å². The molecule has 148 valence electrons. The summed E-state index contributed by atoms with van der Waals surface area (Å²) in [5.74, 6) is -0.257. The minimum atomic E-state index is -0.257. The highest BCUT2D eigenvalue weighted by Crippen LogP contribution is 2.37. The first-order chi connectivity index (χ1) is 14.7. The van der Waals surface area contributed by atoms with E-state index in [4.69, 9.17) is 0 Å². The zero-order valence-corrected chi connectivity index (χ0v) is 17.7. The van der Waals surface area contributed by atoms with Crippen LogP contribution in [0.1, 0.15) is 31.4 Å². The number of carbonyl (C=O) groups excluding carboxylic acids is 1. The van der Waals surface area contributed by atoms with Crippen LogP contribution in [0.3, 0.4) is 0 Å². The van der Waals surface area contributed by atoms with Crippen molar-refractivity contribution in [2.75, 3.05) is 11.9 Å². The second kappa shape index (κ2) is 8.00. The van der Waals surface area contributed by atoms with Crippen LogP contribution in [0, 0.1) is 11.3 Å². The Kier molecular flexibility index (Phi) is 5.05. The van der Waals surface area contributed by atoms with E-state index in [2.05, 4.69) is 45.5 Å². The molecule has 0 saturated carbocycles. The smallest absolute Gasteiger partial charge is 0.285 e. The average molecular weight is 431 g/mol. The summed E-state index contributed by atoms with van der Waals surface area (Å²) in [5.41, 5.74) is 3.77. The molecule has 5 rings (SSSR count). The van der Waals surface area contributed by atoms with Gasteiger partial charge in [-0.25, -0.2) is 4.98 Å². The van der Waals surface area contributed by atoms with Crippen LogP contribution in [0.15, 0.2) is 54.6 Å². The first kappa shape index (κ1) is 18.9. The summed E-state index contributed by atoms with van der Waals surface area (Å²) in [6, 6.07) is 20.4. The number of fused-ring (bicyclic) bond motifs is 2. The van der Waals surface area contributed by atoms with Gasteiger partial charge in [0.15, 0.2) is 5.01 Å². The number of rotatable bonds is 4. The number of nitriles is 1. The summed E-state index contributed by atoms with van der Waals surface area (Å²) in [4.78, 5) is 20.8. The molecule has 1 amide bonds. The van der Waals surface area contributed by atoms with Gasteiger partial charge in [0, 0.05) is 24.5 Å². The quantitative estimate of drug-likeness (QED) is 0.492. The third kappa shape index (κ3) is 3.61. The minimum absolute atomic E-state index is 0.257. The van der Waals surface area contributed by atoms with Gasteiger partial charge in [-0.3, -0.25) is 9.69 Å². The van der Waals surface area contributed by atoms with Crippen molar-refractivity contribution in [3.63, 3.8) is 0 Å². The molecular formula is C23H18N4OS2. The van der Waals surface area contributed by atoms with Crippen LogP contribution < -0.4 is 5.32 Å². The molecule has 1 N–H and O–H groups in total. The molecule has 30 heavy (non-hydrogen) atoms. The Bertz CT molecular complexity index is 1240. The van der Waals surface area contributed by atoms with Crippen LogP contribution >= 0.6 is 22.7 Å². The Hall–Kier alpha value is -3.05. The predicted octanol–water partition coefficient (Wildman–Crippen LogP) is 5.04. The lowest BCUT2D eigenvalue weighted by atomic mass is 10.0. The number of nitrogens with one attached hydrogen (secondary N) is 1. The highest BCUT2D eigenvalue weighted by atomic mass is 32.1. The van der Waals surface area contributed by atoms with Crippen LogP contribution in [0.4, 0.5) is 5.00 Å². The number of amides is 1. The Morgan fingerprint density at radius 2 is 1.93 bits per heavy atom. The number of hydrogen-bond donors (Lipinski definition) is 1. The van der Waals surface area contributed by atoms with E-state index in [-0.39, 0.29) is 5.91 Å². The van der Waals surface area contributed by atoms with Crippen LogP contribution in [0.25, 0.3) is 10.2 Å². The van der Waals surface area contributed by atoms with Crippen molar-refractivity contribution in [2.45, 2.75) is 19.5 Å². The molecular weight excluding hydrogens is 412 g/mol. The standard InChI is InChI=1S/C23H18N4OS2/c24-12-17-16-10-11-27(13-15-6-2-1-3-7-15)14-20(16)30-22(17)26-21(28)23-25-18-8-4-5-9-19(18)29-23/h1-9H,10-11,13-14H2,(H,26,28). The van der Waals surface area contributed by atoms with Gasteiger partial charge in [0.2, 0.25) is 0 Å². The fraction of sp³-hybridized carbons (Fsp3) is 0.174. The summed E-state index contributed by atoms with van der Waals surface area (Å²) in [6.07, 6.45) is 0.818. The Labute approximate surface area is 182 Å². The predicted molar refractivity (Wildman–Crippen MR) is 121 cm³/mol. The molecule has 0 spiro atoms. The molecule has 0 aliphatic carbocycles. The maximum atomic E-state index is 12.8. The number of hydrogen-bond acceptors (Lipinski definition) is 6. The summed E-state index contributed by atoms with van der Waals surface area (Å²) in [6.45, 7) is 2.58. The first-order valence-corrected chi connectivity index (χ1v) is 11.3. The zero-order valence-electron chi connectivity index (χ0n) is 16.1. The van der Waals surface area contributed by atoms with E-state index >= 15 is 0 Å². The fourth-order valence-corrected chi connectivity index (χ4v) is 5.86. The van der Waals surface area contributed by atoms with E-state index < -0.39 is 0 Å². The topological polar surface area (TPSA) is 69.0 Å². The van der Waals surface area contributed by atoms with Crippen molar-refractivity contribution in [2.24, 2.45) is 0 Å². The van der Waals surface area contributed by atoms with E-state index in [0.717, 1.165) is 46.7 Å². The molecule has 0 saturated heterocycles. The number of aromatic nitrogens is 1. The molecule has 5 nitrogen and oxygen atoms in total. The van der Waals surface area contributed by atoms with Crippen LogP contribution in [0.5, 0.6) is 0 Å². The minimum Gasteiger partial charge on any atom is -0.310 e. The number of carbonyl (C=O) groups is 1. The number of nitrogens with zero attached hydrogens (tertiary/aromatic N) is 3. The van der Waals surface area contributed by atoms with Crippen LogP contribution in [0.2, 0.25) is 0 Å². The highest BCUT2D eigenvalue weighted by Gasteiger charge is 2.26. The molecule has 0 bridgehead atoms. The average Bonchev–Trinajstić information content (AvgIpc) is 3.35. The van der Waals surface area contributed by atoms with E-state index in [9.17, 15) is 10.1 Å². The molecule has 1 aliphatic heterocycles. The Morgan fingerprint density at radius 1 is 1.13 bits per heavy atom.